The Hall–Kier alpha value is -1.02. The van der Waals surface area contributed by atoms with Crippen LogP contribution in [-0.2, 0) is 21.3 Å². The molecule has 1 aliphatic heterocycles. The van der Waals surface area contributed by atoms with Crippen LogP contribution in [0.4, 0.5) is 4.39 Å². The Bertz CT molecular complexity index is 557. The molecular formula is C13H19FN2O3S. The lowest BCUT2D eigenvalue weighted by Gasteiger charge is -2.22. The van der Waals surface area contributed by atoms with Crippen molar-refractivity contribution in [1.82, 2.24) is 4.72 Å². The molecule has 7 heteroatoms. The molecular weight excluding hydrogens is 283 g/mol. The van der Waals surface area contributed by atoms with Crippen LogP contribution in [-0.4, -0.2) is 28.2 Å². The molecule has 1 aromatic carbocycles. The van der Waals surface area contributed by atoms with Crippen LogP contribution < -0.4 is 10.5 Å². The molecule has 3 N–H and O–H groups in total. The van der Waals surface area contributed by atoms with Gasteiger partial charge in [0.05, 0.1) is 4.90 Å². The Morgan fingerprint density at radius 2 is 2.05 bits per heavy atom. The summed E-state index contributed by atoms with van der Waals surface area (Å²) in [5.41, 5.74) is 5.58. The molecule has 0 aliphatic carbocycles. The van der Waals surface area contributed by atoms with Gasteiger partial charge in [-0.1, -0.05) is 0 Å². The summed E-state index contributed by atoms with van der Waals surface area (Å²) in [7, 11) is -3.62. The predicted molar refractivity (Wildman–Crippen MR) is 73.0 cm³/mol. The molecule has 0 amide bonds. The van der Waals surface area contributed by atoms with Crippen molar-refractivity contribution in [3.05, 3.63) is 29.6 Å². The van der Waals surface area contributed by atoms with Crippen LogP contribution in [0.25, 0.3) is 0 Å². The SMILES string of the molecule is NCc1cc(S(=O)(=O)NCC2CCOCC2)ccc1F. The van der Waals surface area contributed by atoms with E-state index in [4.69, 9.17) is 10.5 Å². The second-order valence-corrected chi connectivity index (χ2v) is 6.63. The average Bonchev–Trinajstić information content (AvgIpc) is 2.46. The largest absolute Gasteiger partial charge is 0.381 e. The smallest absolute Gasteiger partial charge is 0.240 e. The highest BCUT2D eigenvalue weighted by atomic mass is 32.2. The zero-order valence-corrected chi connectivity index (χ0v) is 12.0. The van der Waals surface area contributed by atoms with Gasteiger partial charge in [0.25, 0.3) is 0 Å². The van der Waals surface area contributed by atoms with Crippen molar-refractivity contribution in [3.8, 4) is 0 Å². The molecule has 2 rings (SSSR count). The molecule has 0 unspecified atom stereocenters. The van der Waals surface area contributed by atoms with Crippen LogP contribution in [0.15, 0.2) is 23.1 Å². The van der Waals surface area contributed by atoms with E-state index in [-0.39, 0.29) is 22.9 Å². The number of halogens is 1. The van der Waals surface area contributed by atoms with E-state index < -0.39 is 15.8 Å². The minimum atomic E-state index is -3.62. The first-order chi connectivity index (χ1) is 9.53. The maximum Gasteiger partial charge on any atom is 0.240 e. The Morgan fingerprint density at radius 1 is 1.35 bits per heavy atom. The molecule has 0 radical (unpaired) electrons. The molecule has 112 valence electrons. The lowest BCUT2D eigenvalue weighted by atomic mass is 10.0. The van der Waals surface area contributed by atoms with E-state index in [1.807, 2.05) is 0 Å². The zero-order chi connectivity index (χ0) is 14.6. The Labute approximate surface area is 118 Å². The maximum atomic E-state index is 13.3. The number of nitrogens with one attached hydrogen (secondary N) is 1. The fraction of sp³-hybridized carbons (Fsp3) is 0.538. The van der Waals surface area contributed by atoms with Crippen molar-refractivity contribution < 1.29 is 17.5 Å². The van der Waals surface area contributed by atoms with Crippen LogP contribution >= 0.6 is 0 Å². The summed E-state index contributed by atoms with van der Waals surface area (Å²) in [6, 6.07) is 3.66. The quantitative estimate of drug-likeness (QED) is 0.850. The first kappa shape index (κ1) is 15.4. The number of nitrogens with two attached hydrogens (primary N) is 1. The van der Waals surface area contributed by atoms with E-state index in [1.54, 1.807) is 0 Å². The van der Waals surface area contributed by atoms with E-state index in [0.29, 0.717) is 19.8 Å². The molecule has 0 aromatic heterocycles. The standard InChI is InChI=1S/C13H19FN2O3S/c14-13-2-1-12(7-11(13)8-15)20(17,18)16-9-10-3-5-19-6-4-10/h1-2,7,10,16H,3-6,8-9,15H2. The number of ether oxygens (including phenoxy) is 1. The van der Waals surface area contributed by atoms with Crippen LogP contribution in [0.5, 0.6) is 0 Å². The Morgan fingerprint density at radius 3 is 2.70 bits per heavy atom. The number of hydrogen-bond acceptors (Lipinski definition) is 4. The lowest BCUT2D eigenvalue weighted by molar-refractivity contribution is 0.0678. The molecule has 1 fully saturated rings. The molecule has 0 spiro atoms. The molecule has 0 saturated carbocycles. The van der Waals surface area contributed by atoms with Crippen molar-refractivity contribution >= 4 is 10.0 Å². The van der Waals surface area contributed by atoms with Gasteiger partial charge in [-0.15, -0.1) is 0 Å². The summed E-state index contributed by atoms with van der Waals surface area (Å²) in [5, 5.41) is 0. The highest BCUT2D eigenvalue weighted by molar-refractivity contribution is 7.89. The normalized spacial score (nSPS) is 17.3. The first-order valence-corrected chi connectivity index (χ1v) is 8.07. The zero-order valence-electron chi connectivity index (χ0n) is 11.1. The van der Waals surface area contributed by atoms with E-state index in [1.165, 1.54) is 12.1 Å². The predicted octanol–water partition coefficient (Wildman–Crippen LogP) is 0.989. The van der Waals surface area contributed by atoms with Gasteiger partial charge in [-0.25, -0.2) is 17.5 Å². The summed E-state index contributed by atoms with van der Waals surface area (Å²) in [5.74, 6) is -0.205. The number of hydrogen-bond donors (Lipinski definition) is 2. The van der Waals surface area contributed by atoms with Crippen molar-refractivity contribution in [2.24, 2.45) is 11.7 Å². The molecule has 5 nitrogen and oxygen atoms in total. The molecule has 1 aromatic rings. The summed E-state index contributed by atoms with van der Waals surface area (Å²) in [4.78, 5) is 0.0476. The lowest BCUT2D eigenvalue weighted by Crippen LogP contribution is -2.32. The van der Waals surface area contributed by atoms with Gasteiger partial charge in [0.15, 0.2) is 0 Å². The van der Waals surface area contributed by atoms with Crippen molar-refractivity contribution in [2.45, 2.75) is 24.3 Å². The second-order valence-electron chi connectivity index (χ2n) is 4.86. The summed E-state index contributed by atoms with van der Waals surface area (Å²) in [6.45, 7) is 1.68. The first-order valence-electron chi connectivity index (χ1n) is 6.59. The third kappa shape index (κ3) is 3.76. The molecule has 1 aliphatic rings. The molecule has 1 heterocycles. The van der Waals surface area contributed by atoms with Gasteiger partial charge in [-0.3, -0.25) is 0 Å². The average molecular weight is 302 g/mol. The number of rotatable bonds is 5. The maximum absolute atomic E-state index is 13.3. The van der Waals surface area contributed by atoms with Crippen LogP contribution in [0.2, 0.25) is 0 Å². The van der Waals surface area contributed by atoms with Gasteiger partial charge < -0.3 is 10.5 Å². The number of sulfonamides is 1. The number of benzene rings is 1. The molecule has 0 atom stereocenters. The van der Waals surface area contributed by atoms with Gasteiger partial charge >= 0.3 is 0 Å². The van der Waals surface area contributed by atoms with Crippen molar-refractivity contribution in [3.63, 3.8) is 0 Å². The van der Waals surface area contributed by atoms with Crippen LogP contribution in [0, 0.1) is 11.7 Å². The van der Waals surface area contributed by atoms with Crippen molar-refractivity contribution in [2.75, 3.05) is 19.8 Å². The highest BCUT2D eigenvalue weighted by Gasteiger charge is 2.19. The summed E-state index contributed by atoms with van der Waals surface area (Å²) < 4.78 is 45.4. The minimum absolute atomic E-state index is 0.0326. The van der Waals surface area contributed by atoms with E-state index >= 15 is 0 Å². The molecule has 0 bridgehead atoms. The van der Waals surface area contributed by atoms with Crippen LogP contribution in [0.3, 0.4) is 0 Å². The fourth-order valence-electron chi connectivity index (χ4n) is 2.14. The monoisotopic (exact) mass is 302 g/mol. The van der Waals surface area contributed by atoms with Crippen LogP contribution in [0.1, 0.15) is 18.4 Å². The van der Waals surface area contributed by atoms with Gasteiger partial charge in [-0.05, 0) is 37.0 Å². The summed E-state index contributed by atoms with van der Waals surface area (Å²) >= 11 is 0. The highest BCUT2D eigenvalue weighted by Crippen LogP contribution is 2.17. The molecule has 1 saturated heterocycles. The van der Waals surface area contributed by atoms with E-state index in [9.17, 15) is 12.8 Å². The van der Waals surface area contributed by atoms with Gasteiger partial charge in [0, 0.05) is 31.9 Å². The fourth-order valence-corrected chi connectivity index (χ4v) is 3.30. The molecule has 20 heavy (non-hydrogen) atoms. The Kier molecular flexibility index (Phi) is 5.09. The topological polar surface area (TPSA) is 81.4 Å². The van der Waals surface area contributed by atoms with Gasteiger partial charge in [0.1, 0.15) is 5.82 Å². The van der Waals surface area contributed by atoms with E-state index in [0.717, 1.165) is 18.9 Å². The minimum Gasteiger partial charge on any atom is -0.381 e. The second kappa shape index (κ2) is 6.62. The van der Waals surface area contributed by atoms with Crippen molar-refractivity contribution in [1.29, 1.82) is 0 Å². The van der Waals surface area contributed by atoms with E-state index in [2.05, 4.69) is 4.72 Å². The Balaban J connectivity index is 2.05. The summed E-state index contributed by atoms with van der Waals surface area (Å²) in [6.07, 6.45) is 1.69. The third-order valence-electron chi connectivity index (χ3n) is 3.45. The van der Waals surface area contributed by atoms with Gasteiger partial charge in [0.2, 0.25) is 10.0 Å². The third-order valence-corrected chi connectivity index (χ3v) is 4.87. The van der Waals surface area contributed by atoms with Gasteiger partial charge in [-0.2, -0.15) is 0 Å².